The minimum absolute atomic E-state index is 0.00223. The molecule has 1 aliphatic heterocycles. The highest BCUT2D eigenvalue weighted by atomic mass is 16.5. The van der Waals surface area contributed by atoms with Gasteiger partial charge in [-0.1, -0.05) is 41.6 Å². The molecule has 72 heavy (non-hydrogen) atoms. The van der Waals surface area contributed by atoms with E-state index in [4.69, 9.17) is 37.9 Å². The molecular formula is C55H69N7O10. The number of hydrogen-bond donors (Lipinski definition) is 2. The maximum atomic E-state index is 13.4. The van der Waals surface area contributed by atoms with Crippen LogP contribution in [-0.2, 0) is 36.6 Å². The van der Waals surface area contributed by atoms with E-state index in [2.05, 4.69) is 63.5 Å². The predicted octanol–water partition coefficient (Wildman–Crippen LogP) is 7.36. The molecular weight excluding hydrogens is 919 g/mol. The maximum Gasteiger partial charge on any atom is 0.261 e. The second kappa shape index (κ2) is 25.7. The first-order chi connectivity index (χ1) is 35.3. The molecule has 0 radical (unpaired) electrons. The Kier molecular flexibility index (Phi) is 18.4. The number of rotatable bonds is 15. The minimum Gasteiger partial charge on any atom is -0.494 e. The number of fused-ring (bicyclic) bond motifs is 2. The summed E-state index contributed by atoms with van der Waals surface area (Å²) in [6, 6.07) is 24.1. The Morgan fingerprint density at radius 3 is 2.35 bits per heavy atom. The molecule has 1 aliphatic carbocycles. The van der Waals surface area contributed by atoms with E-state index in [9.17, 15) is 9.90 Å². The number of aromatic hydroxyl groups is 1. The smallest absolute Gasteiger partial charge is 0.261 e. The number of nitrogens with one attached hydrogen (secondary N) is 1. The van der Waals surface area contributed by atoms with E-state index in [1.54, 1.807) is 11.8 Å². The van der Waals surface area contributed by atoms with Crippen molar-refractivity contribution in [2.24, 2.45) is 0 Å². The fourth-order valence-electron chi connectivity index (χ4n) is 9.02. The van der Waals surface area contributed by atoms with Gasteiger partial charge in [0.2, 0.25) is 0 Å². The lowest BCUT2D eigenvalue weighted by Gasteiger charge is -2.29. The number of aromatic nitrogens is 4. The molecule has 4 aromatic carbocycles. The van der Waals surface area contributed by atoms with Gasteiger partial charge in [-0.3, -0.25) is 9.36 Å². The summed E-state index contributed by atoms with van der Waals surface area (Å²) in [5.74, 6) is 2.15. The molecule has 0 fully saturated rings. The van der Waals surface area contributed by atoms with Crippen molar-refractivity contribution in [1.82, 2.24) is 19.6 Å². The third kappa shape index (κ3) is 12.7. The molecule has 384 valence electrons. The number of anilines is 3. The van der Waals surface area contributed by atoms with Crippen molar-refractivity contribution in [3.8, 4) is 34.4 Å². The van der Waals surface area contributed by atoms with Crippen LogP contribution in [-0.4, -0.2) is 144 Å². The van der Waals surface area contributed by atoms with Gasteiger partial charge in [-0.05, 0) is 87.7 Å². The van der Waals surface area contributed by atoms with Gasteiger partial charge in [0.25, 0.3) is 5.56 Å². The van der Waals surface area contributed by atoms with E-state index in [1.165, 1.54) is 4.57 Å². The summed E-state index contributed by atoms with van der Waals surface area (Å²) in [5.41, 5.74) is 8.34. The van der Waals surface area contributed by atoms with Crippen LogP contribution in [0.2, 0.25) is 0 Å². The Hall–Kier alpha value is -6.63. The standard InChI is InChI=1S/C55H69N7O10/c1-6-61-54(63)43-10-8-9-42-47(18-14-44(53(42)43)55(61)64)62-38-46(57-58-62)41-13-17-49(52(37-41)72-34-29-65-5)60-22-27-70-50-35-39(3)11-15-45(50)56-19-24-67-32-33-69-26-21-59(20-25-68-31-30-66-7-2)48-16-12-40(4)36-51(48)71-28-23-60/h8-13,15-18,35-38,56,64H,6-7,14,19-34H2,1-5H3. The fraction of sp³-hybridized carbons (Fsp3) is 0.436. The Bertz CT molecular complexity index is 2830. The molecule has 2 aromatic heterocycles. The molecule has 0 saturated carbocycles. The maximum absolute atomic E-state index is 13.4. The van der Waals surface area contributed by atoms with Crippen LogP contribution in [0.15, 0.2) is 89.9 Å². The topological polar surface area (TPSA) is 165 Å². The highest BCUT2D eigenvalue weighted by Crippen LogP contribution is 2.38. The van der Waals surface area contributed by atoms with Crippen molar-refractivity contribution in [2.45, 2.75) is 40.7 Å². The zero-order valence-corrected chi connectivity index (χ0v) is 42.3. The summed E-state index contributed by atoms with van der Waals surface area (Å²) >= 11 is 0. The van der Waals surface area contributed by atoms with E-state index < -0.39 is 0 Å². The zero-order valence-electron chi connectivity index (χ0n) is 42.3. The summed E-state index contributed by atoms with van der Waals surface area (Å²) in [4.78, 5) is 17.9. The van der Waals surface area contributed by atoms with Crippen molar-refractivity contribution < 1.29 is 43.0 Å². The van der Waals surface area contributed by atoms with Crippen molar-refractivity contribution >= 4 is 33.5 Å². The Labute approximate surface area is 421 Å². The molecule has 6 aromatic rings. The second-order valence-electron chi connectivity index (χ2n) is 17.5. The molecule has 17 nitrogen and oxygen atoms in total. The Morgan fingerprint density at radius 1 is 0.778 bits per heavy atom. The van der Waals surface area contributed by atoms with Gasteiger partial charge in [-0.25, -0.2) is 4.68 Å². The lowest BCUT2D eigenvalue weighted by Crippen LogP contribution is -2.34. The molecule has 2 aliphatic rings. The number of aryl methyl sites for hydroxylation is 2. The van der Waals surface area contributed by atoms with Crippen molar-refractivity contribution in [3.63, 3.8) is 0 Å². The van der Waals surface area contributed by atoms with Gasteiger partial charge < -0.3 is 58.1 Å². The third-order valence-corrected chi connectivity index (χ3v) is 12.7. The van der Waals surface area contributed by atoms with Gasteiger partial charge >= 0.3 is 0 Å². The highest BCUT2D eigenvalue weighted by molar-refractivity contribution is 5.98. The first kappa shape index (κ1) is 51.7. The average molecular weight is 988 g/mol. The molecule has 0 saturated heterocycles. The highest BCUT2D eigenvalue weighted by Gasteiger charge is 2.25. The van der Waals surface area contributed by atoms with Gasteiger partial charge in [-0.2, -0.15) is 0 Å². The first-order valence-corrected chi connectivity index (χ1v) is 25.1. The summed E-state index contributed by atoms with van der Waals surface area (Å²) in [7, 11) is 1.65. The number of benzene rings is 4. The van der Waals surface area contributed by atoms with Crippen LogP contribution in [0.25, 0.3) is 27.7 Å². The van der Waals surface area contributed by atoms with Crippen LogP contribution in [0, 0.1) is 13.8 Å². The van der Waals surface area contributed by atoms with Crippen molar-refractivity contribution in [1.29, 1.82) is 0 Å². The van der Waals surface area contributed by atoms with E-state index in [0.717, 1.165) is 67.5 Å². The molecule has 0 unspecified atom stereocenters. The molecule has 17 heteroatoms. The quantitative estimate of drug-likeness (QED) is 0.0981. The normalized spacial score (nSPS) is 15.1. The number of allylic oxidation sites excluding steroid dienone is 1. The van der Waals surface area contributed by atoms with Gasteiger partial charge in [0.05, 0.1) is 94.9 Å². The Balaban J connectivity index is 1.09. The van der Waals surface area contributed by atoms with E-state index in [-0.39, 0.29) is 11.4 Å². The SMILES string of the molecule is CCOCCOCCN1CCOCCOCCNc2ccc(C)cc2OCCN(c2ccc(-c3cn(C4=CCc5c(O)n(CC)c(=O)c6cccc4c56)nn3)cc2OCCOC)CCOc2cc(C)ccc21. The van der Waals surface area contributed by atoms with Gasteiger partial charge in [0, 0.05) is 67.4 Å². The first-order valence-electron chi connectivity index (χ1n) is 25.1. The van der Waals surface area contributed by atoms with E-state index in [1.807, 2.05) is 74.7 Å². The van der Waals surface area contributed by atoms with Crippen LogP contribution < -0.4 is 34.9 Å². The van der Waals surface area contributed by atoms with Crippen molar-refractivity contribution in [2.75, 3.05) is 134 Å². The monoisotopic (exact) mass is 988 g/mol. The minimum atomic E-state index is -0.225. The van der Waals surface area contributed by atoms with Crippen molar-refractivity contribution in [3.05, 3.63) is 118 Å². The van der Waals surface area contributed by atoms with Crippen LogP contribution >= 0.6 is 0 Å². The van der Waals surface area contributed by atoms with Gasteiger partial charge in [0.1, 0.15) is 42.8 Å². The van der Waals surface area contributed by atoms with Crippen LogP contribution in [0.4, 0.5) is 17.1 Å². The summed E-state index contributed by atoms with van der Waals surface area (Å²) < 4.78 is 51.9. The predicted molar refractivity (Wildman–Crippen MR) is 281 cm³/mol. The van der Waals surface area contributed by atoms with E-state index >= 15 is 0 Å². The number of methoxy groups -OCH3 is 1. The second-order valence-corrected chi connectivity index (χ2v) is 17.5. The summed E-state index contributed by atoms with van der Waals surface area (Å²) in [5, 5.41) is 25.1. The van der Waals surface area contributed by atoms with Crippen LogP contribution in [0.1, 0.15) is 36.1 Å². The third-order valence-electron chi connectivity index (χ3n) is 12.7. The molecule has 0 atom stereocenters. The lowest BCUT2D eigenvalue weighted by atomic mass is 9.92. The molecule has 8 rings (SSSR count). The molecule has 0 bridgehead atoms. The molecule has 3 heterocycles. The fourth-order valence-corrected chi connectivity index (χ4v) is 9.02. The number of ether oxygens (including phenoxy) is 8. The zero-order chi connectivity index (χ0) is 50.2. The summed E-state index contributed by atoms with van der Waals surface area (Å²) in [6.45, 7) is 16.8. The van der Waals surface area contributed by atoms with Crippen LogP contribution in [0.3, 0.4) is 0 Å². The van der Waals surface area contributed by atoms with E-state index in [0.29, 0.717) is 142 Å². The summed E-state index contributed by atoms with van der Waals surface area (Å²) in [6.07, 6.45) is 4.32. The Morgan fingerprint density at radius 2 is 1.54 bits per heavy atom. The van der Waals surface area contributed by atoms with Gasteiger partial charge in [-0.15, -0.1) is 5.10 Å². The molecule has 0 amide bonds. The molecule has 0 spiro atoms. The molecule has 2 N–H and O–H groups in total. The van der Waals surface area contributed by atoms with Gasteiger partial charge in [0.15, 0.2) is 5.88 Å². The van der Waals surface area contributed by atoms with Crippen LogP contribution in [0.5, 0.6) is 23.1 Å². The lowest BCUT2D eigenvalue weighted by molar-refractivity contribution is 0.0498. The number of pyridine rings is 1. The average Bonchev–Trinajstić information content (AvgIpc) is 3.88. The number of hydrogen-bond acceptors (Lipinski definition) is 15. The number of nitrogens with zero attached hydrogens (tertiary/aromatic N) is 6. The largest absolute Gasteiger partial charge is 0.494 e.